The Hall–Kier alpha value is -1.88. The largest absolute Gasteiger partial charge is 0.355 e. The van der Waals surface area contributed by atoms with E-state index in [0.29, 0.717) is 19.4 Å². The molecular formula is C17H25N3O2. The maximum Gasteiger partial charge on any atom is 0.225 e. The molecule has 1 aromatic carbocycles. The van der Waals surface area contributed by atoms with Crippen LogP contribution in [0.25, 0.3) is 0 Å². The summed E-state index contributed by atoms with van der Waals surface area (Å²) in [6.45, 7) is 4.31. The summed E-state index contributed by atoms with van der Waals surface area (Å²) in [7, 11) is 1.79. The number of nitrogens with one attached hydrogen (secondary N) is 2. The molecule has 1 saturated heterocycles. The van der Waals surface area contributed by atoms with Crippen molar-refractivity contribution in [3.8, 4) is 0 Å². The molecule has 2 unspecified atom stereocenters. The molecule has 2 rings (SSSR count). The first-order chi connectivity index (χ1) is 10.6. The molecule has 1 fully saturated rings. The van der Waals surface area contributed by atoms with E-state index in [0.717, 1.165) is 18.7 Å². The topological polar surface area (TPSA) is 61.4 Å². The highest BCUT2D eigenvalue weighted by Crippen LogP contribution is 2.35. The van der Waals surface area contributed by atoms with E-state index < -0.39 is 0 Å². The predicted octanol–water partition coefficient (Wildman–Crippen LogP) is 1.32. The molecule has 0 bridgehead atoms. The van der Waals surface area contributed by atoms with Crippen molar-refractivity contribution in [3.05, 3.63) is 35.9 Å². The summed E-state index contributed by atoms with van der Waals surface area (Å²) in [5.74, 6) is -0.0524. The van der Waals surface area contributed by atoms with Crippen LogP contribution < -0.4 is 10.6 Å². The van der Waals surface area contributed by atoms with Gasteiger partial charge >= 0.3 is 0 Å². The number of hydrogen-bond acceptors (Lipinski definition) is 3. The van der Waals surface area contributed by atoms with E-state index in [1.807, 2.05) is 37.3 Å². The third kappa shape index (κ3) is 3.85. The van der Waals surface area contributed by atoms with E-state index in [-0.39, 0.29) is 23.8 Å². The number of carbonyl (C=O) groups is 2. The molecule has 0 aliphatic carbocycles. The Labute approximate surface area is 132 Å². The molecule has 2 atom stereocenters. The highest BCUT2D eigenvalue weighted by Gasteiger charge is 2.38. The van der Waals surface area contributed by atoms with E-state index >= 15 is 0 Å². The van der Waals surface area contributed by atoms with Gasteiger partial charge in [-0.1, -0.05) is 37.3 Å². The van der Waals surface area contributed by atoms with Gasteiger partial charge in [-0.25, -0.2) is 0 Å². The molecular weight excluding hydrogens is 278 g/mol. The fraction of sp³-hybridized carbons (Fsp3) is 0.529. The minimum absolute atomic E-state index is 0.0334. The Balaban J connectivity index is 2.10. The molecule has 5 nitrogen and oxygen atoms in total. The fourth-order valence-electron chi connectivity index (χ4n) is 3.00. The lowest BCUT2D eigenvalue weighted by molar-refractivity contribution is -0.141. The molecule has 0 saturated carbocycles. The van der Waals surface area contributed by atoms with Gasteiger partial charge in [0.15, 0.2) is 0 Å². The molecule has 120 valence electrons. The van der Waals surface area contributed by atoms with Gasteiger partial charge in [0, 0.05) is 26.6 Å². The number of benzene rings is 1. The van der Waals surface area contributed by atoms with Crippen molar-refractivity contribution in [1.82, 2.24) is 15.5 Å². The normalized spacial score (nSPS) is 21.7. The summed E-state index contributed by atoms with van der Waals surface area (Å²) in [5, 5.41) is 6.17. The van der Waals surface area contributed by atoms with Gasteiger partial charge in [0.2, 0.25) is 11.8 Å². The highest BCUT2D eigenvalue weighted by molar-refractivity contribution is 5.84. The zero-order chi connectivity index (χ0) is 15.9. The average Bonchev–Trinajstić information content (AvgIpc) is 2.54. The fourth-order valence-corrected chi connectivity index (χ4v) is 3.00. The van der Waals surface area contributed by atoms with Gasteiger partial charge in [0.1, 0.15) is 0 Å². The van der Waals surface area contributed by atoms with Crippen molar-refractivity contribution >= 4 is 11.8 Å². The van der Waals surface area contributed by atoms with Crippen molar-refractivity contribution in [2.75, 3.05) is 26.7 Å². The Bertz CT molecular complexity index is 504. The average molecular weight is 303 g/mol. The van der Waals surface area contributed by atoms with E-state index in [2.05, 4.69) is 10.6 Å². The molecule has 1 aliphatic rings. The monoisotopic (exact) mass is 303 g/mol. The van der Waals surface area contributed by atoms with Crippen LogP contribution >= 0.6 is 0 Å². The number of piperidine rings is 1. The molecule has 0 radical (unpaired) electrons. The van der Waals surface area contributed by atoms with Gasteiger partial charge < -0.3 is 15.5 Å². The van der Waals surface area contributed by atoms with Crippen LogP contribution in [0.1, 0.15) is 31.4 Å². The number of rotatable bonds is 6. The van der Waals surface area contributed by atoms with E-state index in [9.17, 15) is 9.59 Å². The van der Waals surface area contributed by atoms with Crippen LogP contribution in [0, 0.1) is 5.92 Å². The zero-order valence-corrected chi connectivity index (χ0v) is 13.3. The molecule has 1 aromatic rings. The summed E-state index contributed by atoms with van der Waals surface area (Å²) < 4.78 is 0. The van der Waals surface area contributed by atoms with Crippen LogP contribution in [0.2, 0.25) is 0 Å². The lowest BCUT2D eigenvalue weighted by Crippen LogP contribution is -2.47. The second-order valence-corrected chi connectivity index (χ2v) is 5.65. The molecule has 22 heavy (non-hydrogen) atoms. The quantitative estimate of drug-likeness (QED) is 0.779. The van der Waals surface area contributed by atoms with Crippen molar-refractivity contribution in [2.45, 2.75) is 25.8 Å². The van der Waals surface area contributed by atoms with E-state index in [1.54, 1.807) is 11.9 Å². The molecule has 1 heterocycles. The van der Waals surface area contributed by atoms with Gasteiger partial charge in [-0.2, -0.15) is 0 Å². The highest BCUT2D eigenvalue weighted by atomic mass is 16.2. The number of amides is 2. The maximum absolute atomic E-state index is 12.5. The molecule has 2 amide bonds. The van der Waals surface area contributed by atoms with Crippen LogP contribution in [0.15, 0.2) is 30.3 Å². The van der Waals surface area contributed by atoms with Gasteiger partial charge in [-0.05, 0) is 18.5 Å². The van der Waals surface area contributed by atoms with Crippen molar-refractivity contribution < 1.29 is 9.59 Å². The first-order valence-corrected chi connectivity index (χ1v) is 7.94. The minimum atomic E-state index is -0.188. The molecule has 1 aliphatic heterocycles. The molecule has 2 N–H and O–H groups in total. The first-order valence-electron chi connectivity index (χ1n) is 7.94. The summed E-state index contributed by atoms with van der Waals surface area (Å²) in [5.41, 5.74) is 1.02. The minimum Gasteiger partial charge on any atom is -0.355 e. The third-order valence-electron chi connectivity index (χ3n) is 4.19. The number of carbonyl (C=O) groups excluding carboxylic acids is 2. The number of hydrogen-bond donors (Lipinski definition) is 2. The molecule has 0 aromatic heterocycles. The summed E-state index contributed by atoms with van der Waals surface area (Å²) in [4.78, 5) is 26.3. The summed E-state index contributed by atoms with van der Waals surface area (Å²) in [6, 6.07) is 9.63. The second-order valence-electron chi connectivity index (χ2n) is 5.65. The number of nitrogens with zero attached hydrogens (tertiary/aromatic N) is 1. The zero-order valence-electron chi connectivity index (χ0n) is 13.3. The van der Waals surface area contributed by atoms with Crippen LogP contribution in [0.4, 0.5) is 0 Å². The van der Waals surface area contributed by atoms with Gasteiger partial charge in [0.25, 0.3) is 0 Å². The van der Waals surface area contributed by atoms with Crippen LogP contribution in [0.5, 0.6) is 0 Å². The van der Waals surface area contributed by atoms with Crippen molar-refractivity contribution in [1.29, 1.82) is 0 Å². The van der Waals surface area contributed by atoms with Gasteiger partial charge in [-0.15, -0.1) is 0 Å². The Morgan fingerprint density at radius 2 is 2.00 bits per heavy atom. The van der Waals surface area contributed by atoms with Gasteiger partial charge in [0.05, 0.1) is 12.0 Å². The standard InChI is InChI=1S/C17H25N3O2/c1-3-18-11-12-19-17(22)14-9-10-15(21)20(2)16(14)13-7-5-4-6-8-13/h4-8,14,16,18H,3,9-12H2,1-2H3,(H,19,22). The third-order valence-corrected chi connectivity index (χ3v) is 4.19. The van der Waals surface area contributed by atoms with Crippen molar-refractivity contribution in [2.24, 2.45) is 5.92 Å². The SMILES string of the molecule is CCNCCNC(=O)C1CCC(=O)N(C)C1c1ccccc1. The van der Waals surface area contributed by atoms with Crippen molar-refractivity contribution in [3.63, 3.8) is 0 Å². The smallest absolute Gasteiger partial charge is 0.225 e. The first kappa shape index (κ1) is 16.5. The van der Waals surface area contributed by atoms with Gasteiger partial charge in [-0.3, -0.25) is 9.59 Å². The van der Waals surface area contributed by atoms with E-state index in [4.69, 9.17) is 0 Å². The molecule has 5 heteroatoms. The lowest BCUT2D eigenvalue weighted by Gasteiger charge is -2.38. The Morgan fingerprint density at radius 1 is 1.27 bits per heavy atom. The van der Waals surface area contributed by atoms with Crippen LogP contribution in [-0.4, -0.2) is 43.4 Å². The predicted molar refractivity (Wildman–Crippen MR) is 86.2 cm³/mol. The van der Waals surface area contributed by atoms with E-state index in [1.165, 1.54) is 0 Å². The summed E-state index contributed by atoms with van der Waals surface area (Å²) in [6.07, 6.45) is 1.04. The summed E-state index contributed by atoms with van der Waals surface area (Å²) >= 11 is 0. The maximum atomic E-state index is 12.5. The number of likely N-dealkylation sites (N-methyl/N-ethyl adjacent to an activating group) is 1. The Morgan fingerprint density at radius 3 is 2.68 bits per heavy atom. The Kier molecular flexibility index (Phi) is 5.95. The lowest BCUT2D eigenvalue weighted by atomic mass is 9.84. The molecule has 0 spiro atoms. The number of likely N-dealkylation sites (tertiary alicyclic amines) is 1. The van der Waals surface area contributed by atoms with Crippen LogP contribution in [0.3, 0.4) is 0 Å². The second kappa shape index (κ2) is 7.94. The van der Waals surface area contributed by atoms with Crippen LogP contribution in [-0.2, 0) is 9.59 Å².